The first-order valence-electron chi connectivity index (χ1n) is 8.90. The third kappa shape index (κ3) is 5.54. The van der Waals surface area contributed by atoms with Gasteiger partial charge in [0.05, 0.1) is 18.6 Å². The van der Waals surface area contributed by atoms with Crippen molar-refractivity contribution in [1.29, 1.82) is 0 Å². The van der Waals surface area contributed by atoms with Crippen LogP contribution in [0.5, 0.6) is 5.75 Å². The van der Waals surface area contributed by atoms with Crippen LogP contribution in [-0.2, 0) is 24.2 Å². The van der Waals surface area contributed by atoms with Gasteiger partial charge in [0.1, 0.15) is 0 Å². The lowest BCUT2D eigenvalue weighted by atomic mass is 10.2. The second-order valence-electron chi connectivity index (χ2n) is 6.49. The van der Waals surface area contributed by atoms with Gasteiger partial charge in [-0.25, -0.2) is 17.6 Å². The highest BCUT2D eigenvalue weighted by atomic mass is 32.2. The van der Waals surface area contributed by atoms with Crippen LogP contribution in [0.1, 0.15) is 25.8 Å². The Morgan fingerprint density at radius 3 is 2.64 bits per heavy atom. The molecule has 0 aliphatic carbocycles. The summed E-state index contributed by atoms with van der Waals surface area (Å²) in [7, 11) is -1.78. The van der Waals surface area contributed by atoms with Crippen molar-refractivity contribution in [3.63, 3.8) is 0 Å². The van der Waals surface area contributed by atoms with E-state index in [1.165, 1.54) is 37.1 Å². The molecule has 0 radical (unpaired) electrons. The van der Waals surface area contributed by atoms with E-state index in [1.54, 1.807) is 13.0 Å². The molecule has 154 valence electrons. The maximum atomic E-state index is 13.7. The minimum Gasteiger partial charge on any atom is -0.494 e. The van der Waals surface area contributed by atoms with Gasteiger partial charge in [-0.3, -0.25) is 4.79 Å². The molecule has 0 N–H and O–H groups in total. The summed E-state index contributed by atoms with van der Waals surface area (Å²) in [6.07, 6.45) is 1.78. The predicted octanol–water partition coefficient (Wildman–Crippen LogP) is 1.81. The predicted molar refractivity (Wildman–Crippen MR) is 102 cm³/mol. The van der Waals surface area contributed by atoms with Gasteiger partial charge in [-0.2, -0.15) is 0 Å². The summed E-state index contributed by atoms with van der Waals surface area (Å²) in [5.74, 6) is -1.69. The van der Waals surface area contributed by atoms with E-state index in [1.807, 2.05) is 0 Å². The Labute approximate surface area is 164 Å². The number of halogens is 1. The molecule has 1 saturated heterocycles. The maximum Gasteiger partial charge on any atom is 0.331 e. The average molecular weight is 413 g/mol. The SMILES string of the molecule is CCN(C(=O)[C@H](C)OC(=O)/C=C/c1ccc(OC)c(F)c1)[C@H]1CCS(=O)(=O)C1. The van der Waals surface area contributed by atoms with Crippen molar-refractivity contribution >= 4 is 27.8 Å². The molecule has 1 aliphatic rings. The molecule has 7 nitrogen and oxygen atoms in total. The van der Waals surface area contributed by atoms with E-state index in [9.17, 15) is 22.4 Å². The van der Waals surface area contributed by atoms with E-state index in [4.69, 9.17) is 9.47 Å². The van der Waals surface area contributed by atoms with Crippen LogP contribution in [-0.4, -0.2) is 62.5 Å². The Kier molecular flexibility index (Phi) is 7.17. The van der Waals surface area contributed by atoms with Gasteiger partial charge in [0.15, 0.2) is 27.5 Å². The molecule has 9 heteroatoms. The van der Waals surface area contributed by atoms with Crippen LogP contribution in [0.2, 0.25) is 0 Å². The van der Waals surface area contributed by atoms with Crippen molar-refractivity contribution in [2.45, 2.75) is 32.4 Å². The normalized spacial score (nSPS) is 19.4. The summed E-state index contributed by atoms with van der Waals surface area (Å²) in [5.41, 5.74) is 0.431. The number of sulfone groups is 1. The van der Waals surface area contributed by atoms with Crippen molar-refractivity contribution in [2.75, 3.05) is 25.2 Å². The highest BCUT2D eigenvalue weighted by Crippen LogP contribution is 2.20. The summed E-state index contributed by atoms with van der Waals surface area (Å²) in [6.45, 7) is 3.50. The van der Waals surface area contributed by atoms with Crippen molar-refractivity contribution in [2.24, 2.45) is 0 Å². The molecule has 0 bridgehead atoms. The minimum absolute atomic E-state index is 0.0524. The van der Waals surface area contributed by atoms with Crippen molar-refractivity contribution in [3.05, 3.63) is 35.7 Å². The number of carbonyl (C=O) groups excluding carboxylic acids is 2. The molecule has 1 aromatic rings. The van der Waals surface area contributed by atoms with E-state index < -0.39 is 39.7 Å². The first-order valence-corrected chi connectivity index (χ1v) is 10.7. The molecule has 0 saturated carbocycles. The number of amides is 1. The van der Waals surface area contributed by atoms with Crippen LogP contribution in [0.4, 0.5) is 4.39 Å². The largest absolute Gasteiger partial charge is 0.494 e. The van der Waals surface area contributed by atoms with E-state index >= 15 is 0 Å². The summed E-state index contributed by atoms with van der Waals surface area (Å²) in [6, 6.07) is 3.80. The van der Waals surface area contributed by atoms with Gasteiger partial charge in [0.25, 0.3) is 5.91 Å². The molecule has 1 amide bonds. The fourth-order valence-corrected chi connectivity index (χ4v) is 4.79. The Morgan fingerprint density at radius 1 is 1.39 bits per heavy atom. The number of methoxy groups -OCH3 is 1. The number of benzene rings is 1. The number of rotatable bonds is 7. The number of hydrogen-bond acceptors (Lipinski definition) is 6. The molecule has 1 fully saturated rings. The highest BCUT2D eigenvalue weighted by molar-refractivity contribution is 7.91. The Morgan fingerprint density at radius 2 is 2.11 bits per heavy atom. The molecule has 2 rings (SSSR count). The number of likely N-dealkylation sites (N-methyl/N-ethyl adjacent to an activating group) is 1. The lowest BCUT2D eigenvalue weighted by Gasteiger charge is -2.29. The molecule has 2 atom stereocenters. The molecular formula is C19H24FNO6S. The van der Waals surface area contributed by atoms with E-state index in [-0.39, 0.29) is 17.3 Å². The summed E-state index contributed by atoms with van der Waals surface area (Å²) in [4.78, 5) is 26.0. The minimum atomic E-state index is -3.13. The van der Waals surface area contributed by atoms with Crippen molar-refractivity contribution in [3.8, 4) is 5.75 Å². The standard InChI is InChI=1S/C19H24FNO6S/c1-4-21(15-9-10-28(24,25)12-15)19(23)13(2)27-18(22)8-6-14-5-7-17(26-3)16(20)11-14/h5-8,11,13,15H,4,9-10,12H2,1-3H3/b8-6+/t13-,15-/m0/s1. The number of carbonyl (C=O) groups is 2. The van der Waals surface area contributed by atoms with Gasteiger partial charge >= 0.3 is 5.97 Å². The van der Waals surface area contributed by atoms with Crippen LogP contribution in [0, 0.1) is 5.82 Å². The summed E-state index contributed by atoms with van der Waals surface area (Å²) < 4.78 is 46.9. The van der Waals surface area contributed by atoms with Gasteiger partial charge in [-0.05, 0) is 44.0 Å². The molecule has 1 heterocycles. The molecule has 0 unspecified atom stereocenters. The lowest BCUT2D eigenvalue weighted by molar-refractivity contribution is -0.156. The van der Waals surface area contributed by atoms with Crippen molar-refractivity contribution < 1.29 is 31.9 Å². The topological polar surface area (TPSA) is 90.0 Å². The molecular weight excluding hydrogens is 389 g/mol. The summed E-state index contributed by atoms with van der Waals surface area (Å²) in [5, 5.41) is 0. The zero-order chi connectivity index (χ0) is 20.9. The Bertz CT molecular complexity index is 867. The van der Waals surface area contributed by atoms with Gasteiger partial charge in [-0.15, -0.1) is 0 Å². The Hall–Kier alpha value is -2.42. The van der Waals surface area contributed by atoms with Gasteiger partial charge in [0, 0.05) is 18.7 Å². The first-order chi connectivity index (χ1) is 13.2. The van der Waals surface area contributed by atoms with Gasteiger partial charge in [-0.1, -0.05) is 6.07 Å². The monoisotopic (exact) mass is 413 g/mol. The maximum absolute atomic E-state index is 13.7. The van der Waals surface area contributed by atoms with Gasteiger partial charge in [0.2, 0.25) is 0 Å². The van der Waals surface area contributed by atoms with Crippen LogP contribution < -0.4 is 4.74 Å². The molecule has 1 aromatic carbocycles. The van der Waals surface area contributed by atoms with Crippen molar-refractivity contribution in [1.82, 2.24) is 4.90 Å². The average Bonchev–Trinajstić information content (AvgIpc) is 3.00. The van der Waals surface area contributed by atoms with E-state index in [2.05, 4.69) is 0 Å². The smallest absolute Gasteiger partial charge is 0.331 e. The Balaban J connectivity index is 1.96. The third-order valence-electron chi connectivity index (χ3n) is 4.50. The summed E-state index contributed by atoms with van der Waals surface area (Å²) >= 11 is 0. The molecule has 0 aromatic heterocycles. The van der Waals surface area contributed by atoms with Crippen LogP contribution >= 0.6 is 0 Å². The van der Waals surface area contributed by atoms with Crippen LogP contribution in [0.15, 0.2) is 24.3 Å². The zero-order valence-corrected chi connectivity index (χ0v) is 16.9. The molecule has 1 aliphatic heterocycles. The van der Waals surface area contributed by atoms with Gasteiger partial charge < -0.3 is 14.4 Å². The third-order valence-corrected chi connectivity index (χ3v) is 6.25. The molecule has 28 heavy (non-hydrogen) atoms. The van der Waals surface area contributed by atoms with E-state index in [0.717, 1.165) is 6.08 Å². The van der Waals surface area contributed by atoms with E-state index in [0.29, 0.717) is 18.5 Å². The second kappa shape index (κ2) is 9.18. The number of nitrogens with zero attached hydrogens (tertiary/aromatic N) is 1. The zero-order valence-electron chi connectivity index (χ0n) is 16.1. The number of hydrogen-bond donors (Lipinski definition) is 0. The fraction of sp³-hybridized carbons (Fsp3) is 0.474. The van der Waals surface area contributed by atoms with Crippen LogP contribution in [0.25, 0.3) is 6.08 Å². The highest BCUT2D eigenvalue weighted by Gasteiger charge is 2.36. The molecule has 0 spiro atoms. The second-order valence-corrected chi connectivity index (χ2v) is 8.72. The first kappa shape index (κ1) is 21.9. The quantitative estimate of drug-likeness (QED) is 0.500. The van der Waals surface area contributed by atoms with Crippen LogP contribution in [0.3, 0.4) is 0 Å². The fourth-order valence-electron chi connectivity index (χ4n) is 3.06. The number of ether oxygens (including phenoxy) is 2. The lowest BCUT2D eigenvalue weighted by Crippen LogP contribution is -2.46. The number of esters is 1.